The Bertz CT molecular complexity index is 888. The van der Waals surface area contributed by atoms with Crippen molar-refractivity contribution in [1.29, 1.82) is 10.8 Å². The number of piperazine rings is 1. The van der Waals surface area contributed by atoms with Crippen molar-refractivity contribution < 1.29 is 9.18 Å². The number of nitrogens with two attached hydrogens (primary N) is 1. The Hall–Kier alpha value is -2.80. The molecule has 1 saturated heterocycles. The van der Waals surface area contributed by atoms with Crippen molar-refractivity contribution >= 4 is 23.5 Å². The van der Waals surface area contributed by atoms with Crippen molar-refractivity contribution in [2.24, 2.45) is 11.7 Å². The lowest BCUT2D eigenvalue weighted by atomic mass is 9.86. The molecule has 7 heteroatoms. The van der Waals surface area contributed by atoms with E-state index in [2.05, 4.69) is 25.7 Å². The molecule has 1 saturated carbocycles. The second kappa shape index (κ2) is 17.6. The van der Waals surface area contributed by atoms with Gasteiger partial charge in [0, 0.05) is 37.8 Å². The number of allylic oxidation sites excluding steroid dienone is 1. The maximum Gasteiger partial charge on any atom is 0.266 e. The highest BCUT2D eigenvalue weighted by molar-refractivity contribution is 6.41. The first-order chi connectivity index (χ1) is 17.6. The Balaban J connectivity index is 0.000000379. The Morgan fingerprint density at radius 3 is 2.14 bits per heavy atom. The van der Waals surface area contributed by atoms with Gasteiger partial charge >= 0.3 is 0 Å². The number of carbonyl (C=O) groups is 1. The highest BCUT2D eigenvalue weighted by Crippen LogP contribution is 2.27. The molecule has 2 fully saturated rings. The standard InChI is InChI=1S/C16H27N5O.C10H11F.C4H10/c1-12-2-4-13(5-3-12)20-8-10-21(11-9-20)15(18)7-6-14(17)16(19)22;1-3-5-9-8(2)6-4-7-10(9)11;1-3-4-2/h6-7,12-13,17-18H,2-5,8-11H2,1H3,(H2,19,22);3-7H,1-2H3;3-4H2,1-2H3/b7-6-,17-14?,18-15?;5-3-;. The van der Waals surface area contributed by atoms with Gasteiger partial charge in [-0.3, -0.25) is 20.5 Å². The first kappa shape index (κ1) is 32.2. The molecule has 6 nitrogen and oxygen atoms in total. The van der Waals surface area contributed by atoms with Gasteiger partial charge in [0.25, 0.3) is 5.91 Å². The van der Waals surface area contributed by atoms with Crippen molar-refractivity contribution in [3.8, 4) is 0 Å². The van der Waals surface area contributed by atoms with Gasteiger partial charge in [-0.15, -0.1) is 0 Å². The van der Waals surface area contributed by atoms with Crippen LogP contribution in [0.25, 0.3) is 6.08 Å². The number of nitrogens with one attached hydrogen (secondary N) is 2. The summed E-state index contributed by atoms with van der Waals surface area (Å²) >= 11 is 0. The quantitative estimate of drug-likeness (QED) is 0.312. The molecule has 0 radical (unpaired) electrons. The summed E-state index contributed by atoms with van der Waals surface area (Å²) in [5.41, 5.74) is 6.41. The molecule has 0 spiro atoms. The summed E-state index contributed by atoms with van der Waals surface area (Å²) < 4.78 is 13.0. The van der Waals surface area contributed by atoms with E-state index in [-0.39, 0.29) is 11.5 Å². The van der Waals surface area contributed by atoms with Gasteiger partial charge in [0.05, 0.1) is 0 Å². The first-order valence-corrected chi connectivity index (χ1v) is 13.7. The lowest BCUT2D eigenvalue weighted by molar-refractivity contribution is -0.111. The predicted molar refractivity (Wildman–Crippen MR) is 155 cm³/mol. The van der Waals surface area contributed by atoms with Crippen molar-refractivity contribution in [2.75, 3.05) is 26.2 Å². The maximum absolute atomic E-state index is 13.0. The van der Waals surface area contributed by atoms with E-state index >= 15 is 0 Å². The number of nitrogens with zero attached hydrogens (tertiary/aromatic N) is 2. The minimum absolute atomic E-state index is 0.150. The number of amides is 1. The number of amidine groups is 1. The van der Waals surface area contributed by atoms with Crippen LogP contribution in [0.15, 0.2) is 36.4 Å². The van der Waals surface area contributed by atoms with E-state index in [1.807, 2.05) is 30.9 Å². The van der Waals surface area contributed by atoms with Crippen LogP contribution in [0.1, 0.15) is 77.3 Å². The van der Waals surface area contributed by atoms with Gasteiger partial charge in [0.15, 0.2) is 0 Å². The zero-order valence-corrected chi connectivity index (χ0v) is 23.5. The van der Waals surface area contributed by atoms with Gasteiger partial charge in [-0.2, -0.15) is 0 Å². The predicted octanol–water partition coefficient (Wildman–Crippen LogP) is 6.19. The van der Waals surface area contributed by atoms with Gasteiger partial charge in [-0.1, -0.05) is 57.9 Å². The van der Waals surface area contributed by atoms with E-state index in [0.29, 0.717) is 17.4 Å². The van der Waals surface area contributed by atoms with Gasteiger partial charge in [-0.05, 0) is 69.2 Å². The lowest BCUT2D eigenvalue weighted by Crippen LogP contribution is -2.52. The van der Waals surface area contributed by atoms with E-state index < -0.39 is 5.91 Å². The molecule has 1 aliphatic carbocycles. The summed E-state index contributed by atoms with van der Waals surface area (Å²) in [6, 6.07) is 5.81. The zero-order chi connectivity index (χ0) is 27.8. The second-order valence-corrected chi connectivity index (χ2v) is 9.90. The third kappa shape index (κ3) is 11.9. The third-order valence-electron chi connectivity index (χ3n) is 6.93. The molecule has 1 amide bonds. The number of halogens is 1. The van der Waals surface area contributed by atoms with E-state index in [4.69, 9.17) is 16.6 Å². The molecule has 1 aromatic carbocycles. The Labute approximate surface area is 223 Å². The molecule has 206 valence electrons. The molecule has 1 aromatic rings. The van der Waals surface area contributed by atoms with Gasteiger partial charge in [0.2, 0.25) is 0 Å². The topological polar surface area (TPSA) is 97.3 Å². The normalized spacial score (nSPS) is 20.1. The maximum atomic E-state index is 13.0. The van der Waals surface area contributed by atoms with Crippen molar-refractivity contribution in [3.05, 3.63) is 53.4 Å². The van der Waals surface area contributed by atoms with Crippen molar-refractivity contribution in [2.45, 2.75) is 79.2 Å². The number of carbonyl (C=O) groups excluding carboxylic acids is 1. The molecular weight excluding hydrogens is 465 g/mol. The smallest absolute Gasteiger partial charge is 0.266 e. The SMILES string of the molecule is C/C=C\c1c(C)cccc1F.CC1CCC(N2CCN(C(=N)/C=C\C(=N)C(N)=O)CC2)CC1.CCCC. The lowest BCUT2D eigenvalue weighted by Gasteiger charge is -2.42. The van der Waals surface area contributed by atoms with Crippen LogP contribution in [-0.2, 0) is 4.79 Å². The number of unbranched alkanes of at least 4 members (excludes halogenated alkanes) is 1. The van der Waals surface area contributed by atoms with E-state index in [0.717, 1.165) is 37.7 Å². The number of hydrogen-bond donors (Lipinski definition) is 3. The summed E-state index contributed by atoms with van der Waals surface area (Å²) in [5.74, 6) is 0.308. The molecule has 0 bridgehead atoms. The molecule has 37 heavy (non-hydrogen) atoms. The van der Waals surface area contributed by atoms with Crippen molar-refractivity contribution in [3.63, 3.8) is 0 Å². The van der Waals surface area contributed by atoms with Crippen LogP contribution >= 0.6 is 0 Å². The molecular formula is C30H48FN5O. The summed E-state index contributed by atoms with van der Waals surface area (Å²) in [7, 11) is 0. The molecule has 1 heterocycles. The average molecular weight is 514 g/mol. The fourth-order valence-electron chi connectivity index (χ4n) is 4.31. The van der Waals surface area contributed by atoms with E-state index in [1.165, 1.54) is 56.7 Å². The zero-order valence-electron chi connectivity index (χ0n) is 23.5. The first-order valence-electron chi connectivity index (χ1n) is 13.7. The fourth-order valence-corrected chi connectivity index (χ4v) is 4.31. The number of primary amides is 1. The number of aryl methyl sites for hydroxylation is 1. The van der Waals surface area contributed by atoms with Crippen molar-refractivity contribution in [1.82, 2.24) is 9.80 Å². The minimum atomic E-state index is -0.764. The van der Waals surface area contributed by atoms with E-state index in [1.54, 1.807) is 12.1 Å². The Morgan fingerprint density at radius 2 is 1.65 bits per heavy atom. The summed E-state index contributed by atoms with van der Waals surface area (Å²) in [6.45, 7) is 14.1. The minimum Gasteiger partial charge on any atom is -0.364 e. The summed E-state index contributed by atoms with van der Waals surface area (Å²) in [5, 5.41) is 15.4. The van der Waals surface area contributed by atoms with Crippen LogP contribution in [0.5, 0.6) is 0 Å². The molecule has 4 N–H and O–H groups in total. The highest BCUT2D eigenvalue weighted by Gasteiger charge is 2.27. The Kier molecular flexibility index (Phi) is 15.3. The van der Waals surface area contributed by atoms with Crippen LogP contribution in [-0.4, -0.2) is 59.5 Å². The fraction of sp³-hybridized carbons (Fsp3) is 0.567. The number of benzene rings is 1. The monoisotopic (exact) mass is 513 g/mol. The van der Waals surface area contributed by atoms with Crippen LogP contribution < -0.4 is 5.73 Å². The molecule has 0 aromatic heterocycles. The molecule has 0 unspecified atom stereocenters. The van der Waals surface area contributed by atoms with Gasteiger partial charge in [-0.25, -0.2) is 4.39 Å². The van der Waals surface area contributed by atoms with Gasteiger partial charge in [0.1, 0.15) is 17.4 Å². The molecule has 1 aliphatic heterocycles. The summed E-state index contributed by atoms with van der Waals surface area (Å²) in [4.78, 5) is 15.3. The number of rotatable bonds is 6. The number of hydrogen-bond acceptors (Lipinski definition) is 4. The van der Waals surface area contributed by atoms with Crippen LogP contribution in [0.4, 0.5) is 4.39 Å². The molecule has 0 atom stereocenters. The summed E-state index contributed by atoms with van der Waals surface area (Å²) in [6.07, 6.45) is 14.3. The van der Waals surface area contributed by atoms with Crippen LogP contribution in [0, 0.1) is 29.5 Å². The van der Waals surface area contributed by atoms with Crippen LogP contribution in [0.2, 0.25) is 0 Å². The molecule has 2 aliphatic rings. The highest BCUT2D eigenvalue weighted by atomic mass is 19.1. The third-order valence-corrected chi connectivity index (χ3v) is 6.93. The Morgan fingerprint density at radius 1 is 1.05 bits per heavy atom. The largest absolute Gasteiger partial charge is 0.364 e. The molecule has 3 rings (SSSR count). The van der Waals surface area contributed by atoms with E-state index in [9.17, 15) is 9.18 Å². The van der Waals surface area contributed by atoms with Gasteiger partial charge < -0.3 is 10.6 Å². The average Bonchev–Trinajstić information content (AvgIpc) is 2.90. The second-order valence-electron chi connectivity index (χ2n) is 9.90. The van der Waals surface area contributed by atoms with Crippen LogP contribution in [0.3, 0.4) is 0 Å².